The normalized spacial score (nSPS) is 13.9. The summed E-state index contributed by atoms with van der Waals surface area (Å²) in [5.41, 5.74) is 4.18. The number of rotatable bonds is 9. The second kappa shape index (κ2) is 12.5. The van der Waals surface area contributed by atoms with Crippen molar-refractivity contribution in [1.82, 2.24) is 4.90 Å². The van der Waals surface area contributed by atoms with Gasteiger partial charge in [0.15, 0.2) is 0 Å². The summed E-state index contributed by atoms with van der Waals surface area (Å²) in [6.45, 7) is 4.33. The molecular weight excluding hydrogens is 493 g/mol. The third kappa shape index (κ3) is 6.36. The number of methoxy groups -OCH3 is 1. The molecule has 1 aliphatic rings. The van der Waals surface area contributed by atoms with Crippen molar-refractivity contribution >= 4 is 35.0 Å². The van der Waals surface area contributed by atoms with E-state index in [4.69, 9.17) is 25.5 Å². The number of hydrogen-bond donors (Lipinski definition) is 0. The molecule has 0 amide bonds. The second-order valence-corrected chi connectivity index (χ2v) is 9.63. The average Bonchev–Trinajstić information content (AvgIpc) is 3.26. The van der Waals surface area contributed by atoms with E-state index in [1.807, 2.05) is 36.4 Å². The van der Waals surface area contributed by atoms with Crippen molar-refractivity contribution in [2.45, 2.75) is 32.1 Å². The molecule has 1 fully saturated rings. The van der Waals surface area contributed by atoms with Crippen molar-refractivity contribution in [3.63, 3.8) is 0 Å². The Morgan fingerprint density at radius 1 is 0.889 bits per heavy atom. The number of ether oxygens (including phenoxy) is 2. The first kappa shape index (κ1) is 26.4. The van der Waals surface area contributed by atoms with Crippen LogP contribution in [0.1, 0.15) is 37.0 Å². The van der Waals surface area contributed by atoms with Crippen LogP contribution < -0.4 is 9.47 Å². The molecule has 0 N–H and O–H groups in total. The van der Waals surface area contributed by atoms with Crippen LogP contribution in [0.3, 0.4) is 0 Å². The molecule has 2 heterocycles. The van der Waals surface area contributed by atoms with Crippen molar-refractivity contribution in [3.05, 3.63) is 83.1 Å². The summed E-state index contributed by atoms with van der Waals surface area (Å²) in [4.78, 5) is 2.55. The number of nitrogens with zero attached hydrogens (tertiary/aromatic N) is 1. The molecule has 4 aromatic rings. The molecule has 0 saturated carbocycles. The van der Waals surface area contributed by atoms with E-state index < -0.39 is 0 Å². The van der Waals surface area contributed by atoms with Crippen LogP contribution in [0.25, 0.3) is 22.1 Å². The minimum atomic E-state index is 0. The molecule has 1 saturated heterocycles. The molecule has 190 valence electrons. The highest BCUT2D eigenvalue weighted by Crippen LogP contribution is 2.38. The third-order valence-electron chi connectivity index (χ3n) is 6.73. The summed E-state index contributed by atoms with van der Waals surface area (Å²) in [6.07, 6.45) is 5.77. The molecule has 1 aliphatic heterocycles. The molecule has 1 aromatic heterocycles. The number of piperidine rings is 1. The van der Waals surface area contributed by atoms with Gasteiger partial charge in [0.1, 0.15) is 22.8 Å². The van der Waals surface area contributed by atoms with Crippen molar-refractivity contribution in [3.8, 4) is 22.6 Å². The molecule has 36 heavy (non-hydrogen) atoms. The van der Waals surface area contributed by atoms with Crippen LogP contribution >= 0.6 is 24.0 Å². The van der Waals surface area contributed by atoms with Crippen LogP contribution in [0.2, 0.25) is 5.02 Å². The minimum absolute atomic E-state index is 0. The molecule has 3 aromatic carbocycles. The zero-order chi connectivity index (χ0) is 24.0. The molecule has 4 nitrogen and oxygen atoms in total. The number of hydrogen-bond acceptors (Lipinski definition) is 4. The molecule has 6 heteroatoms. The van der Waals surface area contributed by atoms with Gasteiger partial charge in [-0.3, -0.25) is 0 Å². The quantitative estimate of drug-likeness (QED) is 0.207. The Labute approximate surface area is 224 Å². The zero-order valence-electron chi connectivity index (χ0n) is 20.7. The summed E-state index contributed by atoms with van der Waals surface area (Å²) in [7, 11) is 1.67. The van der Waals surface area contributed by atoms with Gasteiger partial charge < -0.3 is 18.8 Å². The summed E-state index contributed by atoms with van der Waals surface area (Å²) in [5.74, 6) is 2.61. The Bertz CT molecular complexity index is 1250. The maximum absolute atomic E-state index is 6.35. The molecule has 5 rings (SSSR count). The molecule has 0 bridgehead atoms. The lowest BCUT2D eigenvalue weighted by Crippen LogP contribution is -2.31. The highest BCUT2D eigenvalue weighted by molar-refractivity contribution is 6.30. The Kier molecular flexibility index (Phi) is 9.19. The van der Waals surface area contributed by atoms with Crippen molar-refractivity contribution in [2.75, 3.05) is 33.4 Å². The zero-order valence-corrected chi connectivity index (χ0v) is 22.2. The lowest BCUT2D eigenvalue weighted by molar-refractivity contribution is 0.205. The topological polar surface area (TPSA) is 34.8 Å². The van der Waals surface area contributed by atoms with Crippen molar-refractivity contribution in [1.29, 1.82) is 0 Å². The van der Waals surface area contributed by atoms with Gasteiger partial charge >= 0.3 is 0 Å². The summed E-state index contributed by atoms with van der Waals surface area (Å²) >= 11 is 6.09. The molecule has 0 aliphatic carbocycles. The van der Waals surface area contributed by atoms with Crippen LogP contribution in [-0.2, 0) is 6.42 Å². The van der Waals surface area contributed by atoms with Crippen molar-refractivity contribution < 1.29 is 13.9 Å². The van der Waals surface area contributed by atoms with E-state index in [1.54, 1.807) is 7.11 Å². The molecule has 0 atom stereocenters. The van der Waals surface area contributed by atoms with Crippen LogP contribution in [-0.4, -0.2) is 38.3 Å². The lowest BCUT2D eigenvalue weighted by Gasteiger charge is -2.26. The number of halogens is 2. The minimum Gasteiger partial charge on any atom is -0.497 e. The lowest BCUT2D eigenvalue weighted by atomic mass is 9.98. The van der Waals surface area contributed by atoms with E-state index in [2.05, 4.69) is 35.2 Å². The van der Waals surface area contributed by atoms with Gasteiger partial charge in [-0.2, -0.15) is 0 Å². The maximum Gasteiger partial charge on any atom is 0.138 e. The fourth-order valence-electron chi connectivity index (χ4n) is 4.86. The Hall–Kier alpha value is -2.66. The first-order valence-electron chi connectivity index (χ1n) is 12.5. The predicted octanol–water partition coefficient (Wildman–Crippen LogP) is 8.03. The SMILES string of the molecule is COc1ccc2c(-c3ccc(OCCCN4CCCCC4)cc3)c(Cc3ccc(Cl)cc3)oc2c1.Cl. The standard InChI is InChI=1S/C30H32ClNO3.ClH/c1-33-26-14-15-27-28(21-26)35-29(20-22-6-10-24(31)11-7-22)30(27)23-8-12-25(13-9-23)34-19-5-18-32-16-3-2-4-17-32;/h6-15,21H,2-5,16-20H2,1H3;1H. The van der Waals surface area contributed by atoms with Gasteiger partial charge in [-0.05, 0) is 79.9 Å². The number of fused-ring (bicyclic) bond motifs is 1. The number of furan rings is 1. The van der Waals surface area contributed by atoms with Gasteiger partial charge in [0.05, 0.1) is 13.7 Å². The van der Waals surface area contributed by atoms with Gasteiger partial charge in [-0.25, -0.2) is 0 Å². The van der Waals surface area contributed by atoms with Gasteiger partial charge in [-0.15, -0.1) is 12.4 Å². The largest absolute Gasteiger partial charge is 0.497 e. The second-order valence-electron chi connectivity index (χ2n) is 9.19. The van der Waals surface area contributed by atoms with E-state index >= 15 is 0 Å². The molecule has 0 spiro atoms. The van der Waals surface area contributed by atoms with E-state index in [1.165, 1.54) is 32.4 Å². The fourth-order valence-corrected chi connectivity index (χ4v) is 4.99. The van der Waals surface area contributed by atoms with Crippen LogP contribution in [0.15, 0.2) is 71.1 Å². The predicted molar refractivity (Wildman–Crippen MR) is 150 cm³/mol. The van der Waals surface area contributed by atoms with Crippen LogP contribution in [0.4, 0.5) is 0 Å². The molecular formula is C30H33Cl2NO3. The maximum atomic E-state index is 6.35. The highest BCUT2D eigenvalue weighted by Gasteiger charge is 2.17. The van der Waals surface area contributed by atoms with Gasteiger partial charge in [0, 0.05) is 35.0 Å². The van der Waals surface area contributed by atoms with Crippen molar-refractivity contribution in [2.24, 2.45) is 0 Å². The fraction of sp³-hybridized carbons (Fsp3) is 0.333. The third-order valence-corrected chi connectivity index (χ3v) is 6.98. The molecule has 0 radical (unpaired) electrons. The van der Waals surface area contributed by atoms with E-state index in [0.29, 0.717) is 6.42 Å². The summed E-state index contributed by atoms with van der Waals surface area (Å²) < 4.78 is 17.8. The van der Waals surface area contributed by atoms with Gasteiger partial charge in [0.25, 0.3) is 0 Å². The Morgan fingerprint density at radius 3 is 2.33 bits per heavy atom. The molecule has 0 unspecified atom stereocenters. The van der Waals surface area contributed by atoms with E-state index in [-0.39, 0.29) is 12.4 Å². The van der Waals surface area contributed by atoms with E-state index in [9.17, 15) is 0 Å². The summed E-state index contributed by atoms with van der Waals surface area (Å²) in [6, 6.07) is 22.3. The first-order chi connectivity index (χ1) is 17.2. The first-order valence-corrected chi connectivity index (χ1v) is 12.9. The summed E-state index contributed by atoms with van der Waals surface area (Å²) in [5, 5.41) is 1.81. The Balaban J connectivity index is 0.00000304. The number of likely N-dealkylation sites (tertiary alicyclic amines) is 1. The number of benzene rings is 3. The Morgan fingerprint density at radius 2 is 1.61 bits per heavy atom. The van der Waals surface area contributed by atoms with Crippen LogP contribution in [0, 0.1) is 0 Å². The average molecular weight is 527 g/mol. The van der Waals surface area contributed by atoms with Gasteiger partial charge in [0.2, 0.25) is 0 Å². The van der Waals surface area contributed by atoms with E-state index in [0.717, 1.165) is 69.5 Å². The monoisotopic (exact) mass is 525 g/mol. The highest BCUT2D eigenvalue weighted by atomic mass is 35.5. The van der Waals surface area contributed by atoms with Gasteiger partial charge in [-0.1, -0.05) is 42.3 Å². The van der Waals surface area contributed by atoms with Crippen LogP contribution in [0.5, 0.6) is 11.5 Å². The smallest absolute Gasteiger partial charge is 0.138 e.